The van der Waals surface area contributed by atoms with Gasteiger partial charge in [0.25, 0.3) is 0 Å². The van der Waals surface area contributed by atoms with Crippen LogP contribution in [-0.2, 0) is 4.74 Å². The normalized spacial score (nSPS) is 10.6. The predicted octanol–water partition coefficient (Wildman–Crippen LogP) is 4.33. The summed E-state index contributed by atoms with van der Waals surface area (Å²) in [5, 5.41) is 11.0. The Morgan fingerprint density at radius 2 is 1.41 bits per heavy atom. The summed E-state index contributed by atoms with van der Waals surface area (Å²) in [7, 11) is 7.22. The summed E-state index contributed by atoms with van der Waals surface area (Å²) in [6.07, 6.45) is 0. The molecule has 0 fully saturated rings. The zero-order chi connectivity index (χ0) is 23.6. The smallest absolute Gasteiger partial charge is 0.339 e. The molecule has 0 aliphatic heterocycles. The van der Waals surface area contributed by atoms with E-state index in [4.69, 9.17) is 23.7 Å². The molecule has 3 aromatic carbocycles. The van der Waals surface area contributed by atoms with E-state index in [2.05, 4.69) is 0 Å². The van der Waals surface area contributed by atoms with Gasteiger partial charge in [0.1, 0.15) is 0 Å². The van der Waals surface area contributed by atoms with E-state index in [1.54, 1.807) is 24.3 Å². The highest BCUT2D eigenvalue weighted by atomic mass is 16.5. The van der Waals surface area contributed by atoms with Crippen molar-refractivity contribution in [2.45, 2.75) is 6.92 Å². The first-order valence-electron chi connectivity index (χ1n) is 9.58. The molecule has 0 saturated heterocycles. The van der Waals surface area contributed by atoms with Crippen molar-refractivity contribution in [2.75, 3.05) is 35.5 Å². The average Bonchev–Trinajstić information content (AvgIpc) is 2.80. The molecular formula is C24H24O8. The number of carboxylic acid groups (broad SMARTS) is 1. The van der Waals surface area contributed by atoms with Crippen molar-refractivity contribution in [3.63, 3.8) is 0 Å². The maximum atomic E-state index is 12.8. The largest absolute Gasteiger partial charge is 0.493 e. The summed E-state index contributed by atoms with van der Waals surface area (Å²) in [6.45, 7) is 1.83. The Balaban J connectivity index is 2.57. The molecule has 3 aromatic rings. The van der Waals surface area contributed by atoms with E-state index in [-0.39, 0.29) is 11.1 Å². The molecule has 168 valence electrons. The number of carbonyl (C=O) groups excluding carboxylic acids is 1. The van der Waals surface area contributed by atoms with Crippen molar-refractivity contribution in [2.24, 2.45) is 0 Å². The number of carboxylic acids is 1. The lowest BCUT2D eigenvalue weighted by Crippen LogP contribution is -2.13. The van der Waals surface area contributed by atoms with Crippen LogP contribution in [0.5, 0.6) is 23.0 Å². The minimum absolute atomic E-state index is 0.0775. The number of methoxy groups -OCH3 is 5. The Bertz CT molecular complexity index is 1210. The minimum Gasteiger partial charge on any atom is -0.493 e. The number of ether oxygens (including phenoxy) is 5. The van der Waals surface area contributed by atoms with E-state index in [0.717, 1.165) is 5.56 Å². The van der Waals surface area contributed by atoms with E-state index >= 15 is 0 Å². The second-order valence-corrected chi connectivity index (χ2v) is 6.93. The zero-order valence-electron chi connectivity index (χ0n) is 18.7. The molecule has 8 heteroatoms. The van der Waals surface area contributed by atoms with Crippen LogP contribution in [0.3, 0.4) is 0 Å². The summed E-state index contributed by atoms with van der Waals surface area (Å²) < 4.78 is 26.7. The van der Waals surface area contributed by atoms with Gasteiger partial charge in [0.15, 0.2) is 23.0 Å². The molecule has 0 saturated carbocycles. The highest BCUT2D eigenvalue weighted by Gasteiger charge is 2.27. The van der Waals surface area contributed by atoms with E-state index in [9.17, 15) is 14.7 Å². The van der Waals surface area contributed by atoms with Gasteiger partial charge < -0.3 is 28.8 Å². The van der Waals surface area contributed by atoms with Crippen LogP contribution in [0.15, 0.2) is 30.3 Å². The Morgan fingerprint density at radius 1 is 0.781 bits per heavy atom. The summed E-state index contributed by atoms with van der Waals surface area (Å²) >= 11 is 0. The third-order valence-electron chi connectivity index (χ3n) is 5.22. The van der Waals surface area contributed by atoms with E-state index in [0.29, 0.717) is 44.9 Å². The highest BCUT2D eigenvalue weighted by Crippen LogP contribution is 2.43. The first-order valence-corrected chi connectivity index (χ1v) is 9.58. The third kappa shape index (κ3) is 3.75. The molecule has 0 radical (unpaired) electrons. The number of carbonyl (C=O) groups is 2. The zero-order valence-corrected chi connectivity index (χ0v) is 18.7. The maximum Gasteiger partial charge on any atom is 0.339 e. The number of aryl methyl sites for hydroxylation is 1. The topological polar surface area (TPSA) is 101 Å². The minimum atomic E-state index is -1.26. The molecule has 0 spiro atoms. The second-order valence-electron chi connectivity index (χ2n) is 6.93. The fourth-order valence-corrected chi connectivity index (χ4v) is 3.81. The number of hydrogen-bond acceptors (Lipinski definition) is 7. The van der Waals surface area contributed by atoms with E-state index < -0.39 is 11.9 Å². The summed E-state index contributed by atoms with van der Waals surface area (Å²) in [5.74, 6) is -0.211. The number of fused-ring (bicyclic) bond motifs is 1. The summed E-state index contributed by atoms with van der Waals surface area (Å²) in [6, 6.07) is 8.27. The summed E-state index contributed by atoms with van der Waals surface area (Å²) in [4.78, 5) is 24.9. The predicted molar refractivity (Wildman–Crippen MR) is 119 cm³/mol. The van der Waals surface area contributed by atoms with Gasteiger partial charge in [0.2, 0.25) is 0 Å². The van der Waals surface area contributed by atoms with Gasteiger partial charge in [-0.15, -0.1) is 0 Å². The molecule has 0 bridgehead atoms. The Hall–Kier alpha value is -3.94. The quantitative estimate of drug-likeness (QED) is 0.542. The number of benzene rings is 3. The fraction of sp³-hybridized carbons (Fsp3) is 0.250. The molecule has 3 rings (SSSR count). The third-order valence-corrected chi connectivity index (χ3v) is 5.22. The van der Waals surface area contributed by atoms with Crippen LogP contribution in [-0.4, -0.2) is 52.6 Å². The number of aromatic carboxylic acids is 1. The number of hydrogen-bond donors (Lipinski definition) is 1. The Morgan fingerprint density at radius 3 is 1.94 bits per heavy atom. The van der Waals surface area contributed by atoms with Crippen molar-refractivity contribution in [1.29, 1.82) is 0 Å². The molecule has 0 aliphatic rings. The Labute approximate surface area is 185 Å². The molecule has 0 amide bonds. The first kappa shape index (κ1) is 22.7. The molecule has 0 aromatic heterocycles. The molecule has 0 aliphatic carbocycles. The van der Waals surface area contributed by atoms with E-state index in [1.165, 1.54) is 41.6 Å². The van der Waals surface area contributed by atoms with Crippen molar-refractivity contribution < 1.29 is 38.4 Å². The van der Waals surface area contributed by atoms with Crippen LogP contribution in [0.1, 0.15) is 26.3 Å². The van der Waals surface area contributed by atoms with Crippen LogP contribution in [0.25, 0.3) is 21.9 Å². The molecule has 0 unspecified atom stereocenters. The van der Waals surface area contributed by atoms with Gasteiger partial charge in [-0.05, 0) is 59.2 Å². The molecule has 0 heterocycles. The Kier molecular flexibility index (Phi) is 6.43. The van der Waals surface area contributed by atoms with Crippen LogP contribution < -0.4 is 18.9 Å². The molecular weight excluding hydrogens is 416 g/mol. The van der Waals surface area contributed by atoms with Crippen LogP contribution in [0, 0.1) is 6.92 Å². The lowest BCUT2D eigenvalue weighted by Gasteiger charge is -2.19. The number of esters is 1. The van der Waals surface area contributed by atoms with Crippen molar-refractivity contribution in [3.8, 4) is 34.1 Å². The van der Waals surface area contributed by atoms with Crippen LogP contribution in [0.2, 0.25) is 0 Å². The average molecular weight is 440 g/mol. The van der Waals surface area contributed by atoms with Crippen molar-refractivity contribution >= 4 is 22.7 Å². The maximum absolute atomic E-state index is 12.8. The lowest BCUT2D eigenvalue weighted by molar-refractivity contribution is 0.0584. The fourth-order valence-electron chi connectivity index (χ4n) is 3.81. The molecule has 1 N–H and O–H groups in total. The monoisotopic (exact) mass is 440 g/mol. The second kappa shape index (κ2) is 9.05. The number of rotatable bonds is 7. The van der Waals surface area contributed by atoms with Gasteiger partial charge in [0, 0.05) is 5.56 Å². The SMILES string of the molecule is COC(=O)c1c(C(=O)O)cc2cc(OC)c(OC)cc2c1-c1cc(C)c(OC)c(OC)c1. The molecule has 8 nitrogen and oxygen atoms in total. The van der Waals surface area contributed by atoms with Crippen molar-refractivity contribution in [3.05, 3.63) is 47.0 Å². The van der Waals surface area contributed by atoms with E-state index in [1.807, 2.05) is 6.92 Å². The van der Waals surface area contributed by atoms with Crippen LogP contribution in [0.4, 0.5) is 0 Å². The van der Waals surface area contributed by atoms with Crippen LogP contribution >= 0.6 is 0 Å². The van der Waals surface area contributed by atoms with Gasteiger partial charge in [0.05, 0.1) is 46.7 Å². The summed E-state index contributed by atoms with van der Waals surface area (Å²) in [5.41, 5.74) is 1.40. The van der Waals surface area contributed by atoms with Gasteiger partial charge in [-0.25, -0.2) is 9.59 Å². The van der Waals surface area contributed by atoms with Gasteiger partial charge >= 0.3 is 11.9 Å². The molecule has 32 heavy (non-hydrogen) atoms. The van der Waals surface area contributed by atoms with Crippen molar-refractivity contribution in [1.82, 2.24) is 0 Å². The lowest BCUT2D eigenvalue weighted by atomic mass is 9.88. The molecule has 0 atom stereocenters. The first-order chi connectivity index (χ1) is 15.3. The standard InChI is InChI=1S/C24H24O8/c1-12-7-14(10-19(30-4)22(12)31-5)20-15-11-18(29-3)17(28-2)9-13(15)8-16(23(25)26)21(20)24(27)32-6/h7-11H,1-6H3,(H,25,26). The van der Waals surface area contributed by atoms with Gasteiger partial charge in [-0.2, -0.15) is 0 Å². The van der Waals surface area contributed by atoms with Gasteiger partial charge in [-0.1, -0.05) is 0 Å². The van der Waals surface area contributed by atoms with Gasteiger partial charge in [-0.3, -0.25) is 0 Å². The highest BCUT2D eigenvalue weighted by molar-refractivity contribution is 6.15.